The van der Waals surface area contributed by atoms with Crippen LogP contribution in [0.25, 0.3) is 0 Å². The third-order valence-electron chi connectivity index (χ3n) is 4.13. The number of piperidine rings is 1. The zero-order valence-corrected chi connectivity index (χ0v) is 14.3. The topological polar surface area (TPSA) is 65.5 Å². The molecule has 0 bridgehead atoms. The van der Waals surface area contributed by atoms with E-state index in [4.69, 9.17) is 11.6 Å². The lowest BCUT2D eigenvalue weighted by molar-refractivity contribution is 0.101. The van der Waals surface area contributed by atoms with E-state index in [1.807, 2.05) is 24.3 Å². The molecule has 2 N–H and O–H groups in total. The van der Waals surface area contributed by atoms with Gasteiger partial charge in [-0.25, -0.2) is 4.98 Å². The van der Waals surface area contributed by atoms with Crippen molar-refractivity contribution in [3.05, 3.63) is 47.1 Å². The van der Waals surface area contributed by atoms with Crippen molar-refractivity contribution in [1.82, 2.24) is 4.98 Å². The molecule has 0 atom stereocenters. The number of aliphatic hydroxyl groups excluding tert-OH is 1. The molecule has 0 unspecified atom stereocenters. The van der Waals surface area contributed by atoms with E-state index >= 15 is 0 Å². The molecule has 1 aliphatic heterocycles. The molecule has 1 aliphatic rings. The number of aliphatic hydroxyl groups is 1. The third kappa shape index (κ3) is 4.04. The van der Waals surface area contributed by atoms with Crippen LogP contribution in [0.3, 0.4) is 0 Å². The zero-order chi connectivity index (χ0) is 17.1. The SMILES string of the molecule is CC(=O)c1cccc(Nc2cc(Cl)nc(N3CCC(O)CC3)c2)c1. The second-order valence-corrected chi connectivity index (χ2v) is 6.40. The Morgan fingerprint density at radius 1 is 1.25 bits per heavy atom. The van der Waals surface area contributed by atoms with E-state index in [2.05, 4.69) is 15.2 Å². The number of hydrogen-bond acceptors (Lipinski definition) is 5. The summed E-state index contributed by atoms with van der Waals surface area (Å²) in [5, 5.41) is 13.3. The highest BCUT2D eigenvalue weighted by molar-refractivity contribution is 6.29. The van der Waals surface area contributed by atoms with E-state index in [9.17, 15) is 9.90 Å². The van der Waals surface area contributed by atoms with E-state index in [1.165, 1.54) is 0 Å². The molecule has 0 aliphatic carbocycles. The lowest BCUT2D eigenvalue weighted by Gasteiger charge is -2.30. The maximum Gasteiger partial charge on any atom is 0.159 e. The summed E-state index contributed by atoms with van der Waals surface area (Å²) in [4.78, 5) is 18.0. The van der Waals surface area contributed by atoms with Gasteiger partial charge in [0.15, 0.2) is 5.78 Å². The number of benzene rings is 1. The second-order valence-electron chi connectivity index (χ2n) is 6.02. The van der Waals surface area contributed by atoms with Crippen molar-refractivity contribution in [3.63, 3.8) is 0 Å². The minimum absolute atomic E-state index is 0.0268. The molecule has 0 amide bonds. The predicted molar refractivity (Wildman–Crippen MR) is 96.4 cm³/mol. The molecular weight excluding hydrogens is 326 g/mol. The van der Waals surface area contributed by atoms with Gasteiger partial charge in [0.25, 0.3) is 0 Å². The van der Waals surface area contributed by atoms with Crippen molar-refractivity contribution in [2.45, 2.75) is 25.9 Å². The van der Waals surface area contributed by atoms with Gasteiger partial charge in [0.2, 0.25) is 0 Å². The van der Waals surface area contributed by atoms with Crippen LogP contribution in [0, 0.1) is 0 Å². The summed E-state index contributed by atoms with van der Waals surface area (Å²) in [5.41, 5.74) is 2.30. The van der Waals surface area contributed by atoms with Gasteiger partial charge in [-0.05, 0) is 38.0 Å². The Balaban J connectivity index is 1.81. The molecule has 0 spiro atoms. The van der Waals surface area contributed by atoms with Gasteiger partial charge in [-0.2, -0.15) is 0 Å². The zero-order valence-electron chi connectivity index (χ0n) is 13.5. The van der Waals surface area contributed by atoms with Crippen LogP contribution in [0.4, 0.5) is 17.2 Å². The quantitative estimate of drug-likeness (QED) is 0.654. The van der Waals surface area contributed by atoms with Crippen molar-refractivity contribution in [2.24, 2.45) is 0 Å². The smallest absolute Gasteiger partial charge is 0.159 e. The maximum atomic E-state index is 11.5. The minimum Gasteiger partial charge on any atom is -0.393 e. The molecule has 24 heavy (non-hydrogen) atoms. The number of nitrogens with one attached hydrogen (secondary N) is 1. The lowest BCUT2D eigenvalue weighted by Crippen LogP contribution is -2.36. The first kappa shape index (κ1) is 16.7. The molecule has 3 rings (SSSR count). The molecule has 2 heterocycles. The van der Waals surface area contributed by atoms with Crippen molar-refractivity contribution < 1.29 is 9.90 Å². The predicted octanol–water partition coefficient (Wildman–Crippen LogP) is 3.64. The van der Waals surface area contributed by atoms with Crippen LogP contribution in [0.1, 0.15) is 30.1 Å². The first-order chi connectivity index (χ1) is 11.5. The Labute approximate surface area is 146 Å². The number of anilines is 3. The third-order valence-corrected chi connectivity index (χ3v) is 4.32. The number of rotatable bonds is 4. The van der Waals surface area contributed by atoms with Gasteiger partial charge in [0.1, 0.15) is 11.0 Å². The number of ketones is 1. The summed E-state index contributed by atoms with van der Waals surface area (Å²) in [6.07, 6.45) is 1.24. The Hall–Kier alpha value is -2.11. The highest BCUT2D eigenvalue weighted by Crippen LogP contribution is 2.27. The number of carbonyl (C=O) groups excluding carboxylic acids is 1. The molecule has 126 valence electrons. The molecule has 1 aromatic carbocycles. The van der Waals surface area contributed by atoms with E-state index < -0.39 is 0 Å². The number of aromatic nitrogens is 1. The minimum atomic E-state index is -0.229. The highest BCUT2D eigenvalue weighted by Gasteiger charge is 2.19. The van der Waals surface area contributed by atoms with Gasteiger partial charge in [0.05, 0.1) is 6.10 Å². The number of hydrogen-bond donors (Lipinski definition) is 2. The number of pyridine rings is 1. The molecule has 0 saturated carbocycles. The highest BCUT2D eigenvalue weighted by atomic mass is 35.5. The normalized spacial score (nSPS) is 15.4. The average molecular weight is 346 g/mol. The standard InChI is InChI=1S/C18H20ClN3O2/c1-12(23)13-3-2-4-14(9-13)20-15-10-17(19)21-18(11-15)22-7-5-16(24)6-8-22/h2-4,9-11,16,24H,5-8H2,1H3,(H,20,21). The molecule has 0 radical (unpaired) electrons. The van der Waals surface area contributed by atoms with E-state index in [-0.39, 0.29) is 11.9 Å². The lowest BCUT2D eigenvalue weighted by atomic mass is 10.1. The number of halogens is 1. The molecule has 1 saturated heterocycles. The maximum absolute atomic E-state index is 11.5. The number of nitrogens with zero attached hydrogens (tertiary/aromatic N) is 2. The van der Waals surface area contributed by atoms with Crippen molar-refractivity contribution in [1.29, 1.82) is 0 Å². The Bertz CT molecular complexity index is 743. The summed E-state index contributed by atoms with van der Waals surface area (Å²) < 4.78 is 0. The van der Waals surface area contributed by atoms with Gasteiger partial charge >= 0.3 is 0 Å². The van der Waals surface area contributed by atoms with E-state index in [1.54, 1.807) is 19.1 Å². The Morgan fingerprint density at radius 3 is 2.71 bits per heavy atom. The molecule has 1 fully saturated rings. The van der Waals surface area contributed by atoms with Gasteiger partial charge in [-0.3, -0.25) is 4.79 Å². The van der Waals surface area contributed by atoms with E-state index in [0.717, 1.165) is 43.1 Å². The summed E-state index contributed by atoms with van der Waals surface area (Å²) >= 11 is 6.16. The van der Waals surface area contributed by atoms with E-state index in [0.29, 0.717) is 10.7 Å². The largest absolute Gasteiger partial charge is 0.393 e. The molecule has 1 aromatic heterocycles. The van der Waals surface area contributed by atoms with Crippen LogP contribution < -0.4 is 10.2 Å². The van der Waals surface area contributed by atoms with Gasteiger partial charge in [-0.15, -0.1) is 0 Å². The Morgan fingerprint density at radius 2 is 2.00 bits per heavy atom. The molecule has 5 nitrogen and oxygen atoms in total. The van der Waals surface area contributed by atoms with Gasteiger partial charge in [0, 0.05) is 36.1 Å². The fraction of sp³-hybridized carbons (Fsp3) is 0.333. The van der Waals surface area contributed by atoms with Crippen LogP contribution in [-0.4, -0.2) is 35.1 Å². The molecular formula is C18H20ClN3O2. The summed E-state index contributed by atoms with van der Waals surface area (Å²) in [7, 11) is 0. The Kier molecular flexibility index (Phi) is 5.02. The first-order valence-corrected chi connectivity index (χ1v) is 8.38. The number of Topliss-reactive ketones (excluding diaryl/α,β-unsaturated/α-hetero) is 1. The molecule has 2 aromatic rings. The van der Waals surface area contributed by atoms with Crippen LogP contribution in [0.15, 0.2) is 36.4 Å². The van der Waals surface area contributed by atoms with Gasteiger partial charge in [-0.1, -0.05) is 23.7 Å². The van der Waals surface area contributed by atoms with Crippen molar-refractivity contribution in [3.8, 4) is 0 Å². The average Bonchev–Trinajstić information content (AvgIpc) is 2.55. The monoisotopic (exact) mass is 345 g/mol. The summed E-state index contributed by atoms with van der Waals surface area (Å²) in [5.74, 6) is 0.818. The molecule has 6 heteroatoms. The van der Waals surface area contributed by atoms with Crippen LogP contribution in [0.2, 0.25) is 5.15 Å². The summed E-state index contributed by atoms with van der Waals surface area (Å²) in [6.45, 7) is 3.06. The van der Waals surface area contributed by atoms with Gasteiger partial charge < -0.3 is 15.3 Å². The second kappa shape index (κ2) is 7.20. The van der Waals surface area contributed by atoms with Crippen molar-refractivity contribution >= 4 is 34.6 Å². The summed E-state index contributed by atoms with van der Waals surface area (Å²) in [6, 6.07) is 11.0. The van der Waals surface area contributed by atoms with Crippen LogP contribution >= 0.6 is 11.6 Å². The fourth-order valence-electron chi connectivity index (χ4n) is 2.79. The van der Waals surface area contributed by atoms with Crippen LogP contribution in [0.5, 0.6) is 0 Å². The first-order valence-electron chi connectivity index (χ1n) is 8.00. The van der Waals surface area contributed by atoms with Crippen molar-refractivity contribution in [2.75, 3.05) is 23.3 Å². The fourth-order valence-corrected chi connectivity index (χ4v) is 3.00. The van der Waals surface area contributed by atoms with Crippen LogP contribution in [-0.2, 0) is 0 Å². The number of carbonyl (C=O) groups is 1.